The molecule has 278 valence electrons. The van der Waals surface area contributed by atoms with Crippen LogP contribution in [0.2, 0.25) is 0 Å². The Morgan fingerprint density at radius 1 is 0.526 bits per heavy atom. The first kappa shape index (κ1) is 34.0. The Morgan fingerprint density at radius 3 is 1.72 bits per heavy atom. The Morgan fingerprint density at radius 2 is 1.09 bits per heavy atom. The van der Waals surface area contributed by atoms with Crippen molar-refractivity contribution in [3.8, 4) is 0 Å². The molecule has 1 aliphatic carbocycles. The largest absolute Gasteiger partial charge is 0.310 e. The molecule has 4 aliphatic rings. The maximum atomic E-state index is 2.61. The van der Waals surface area contributed by atoms with Gasteiger partial charge in [0, 0.05) is 39.5 Å². The van der Waals surface area contributed by atoms with Crippen LogP contribution in [0.4, 0.5) is 45.5 Å². The van der Waals surface area contributed by atoms with Crippen LogP contribution in [0.15, 0.2) is 163 Å². The molecular weight excluding hydrogens is 691 g/mol. The maximum Gasteiger partial charge on any atom is 0.0542 e. The minimum atomic E-state index is -0.234. The zero-order valence-electron chi connectivity index (χ0n) is 33.6. The fourth-order valence-corrected chi connectivity index (χ4v) is 10.3. The summed E-state index contributed by atoms with van der Waals surface area (Å²) >= 11 is 0. The summed E-state index contributed by atoms with van der Waals surface area (Å²) in [4.78, 5) is 7.65. The van der Waals surface area contributed by atoms with Crippen molar-refractivity contribution in [3.05, 3.63) is 208 Å². The first-order chi connectivity index (χ1) is 27.6. The molecule has 3 aliphatic heterocycles. The lowest BCUT2D eigenvalue weighted by Gasteiger charge is -2.48. The highest BCUT2D eigenvalue weighted by atomic mass is 15.2. The summed E-state index contributed by atoms with van der Waals surface area (Å²) in [6, 6.07) is 59.3. The molecule has 0 spiro atoms. The van der Waals surface area contributed by atoms with Gasteiger partial charge in [0.05, 0.1) is 34.1 Å². The summed E-state index contributed by atoms with van der Waals surface area (Å²) in [6.07, 6.45) is 0.917. The van der Waals surface area contributed by atoms with Crippen LogP contribution in [0, 0.1) is 6.92 Å². The van der Waals surface area contributed by atoms with Gasteiger partial charge in [0.25, 0.3) is 0 Å². The number of para-hydroxylation sites is 4. The van der Waals surface area contributed by atoms with Crippen LogP contribution in [-0.4, -0.2) is 0 Å². The van der Waals surface area contributed by atoms with E-state index in [9.17, 15) is 0 Å². The lowest BCUT2D eigenvalue weighted by molar-refractivity contribution is 0.590. The second kappa shape index (κ2) is 12.1. The number of fused-ring (bicyclic) bond motifs is 7. The Labute approximate surface area is 337 Å². The molecule has 11 rings (SSSR count). The number of hydrogen-bond donors (Lipinski definition) is 0. The molecule has 57 heavy (non-hydrogen) atoms. The van der Waals surface area contributed by atoms with E-state index in [-0.39, 0.29) is 16.7 Å². The molecule has 3 heteroatoms. The van der Waals surface area contributed by atoms with Crippen LogP contribution in [0.3, 0.4) is 0 Å². The molecule has 3 heterocycles. The SMILES string of the molecule is Cc1cc2c3c(c1)N(c1ccccc1)c1cc4c(cc1C3C1=C(c3cc(C(C)(C)C)ccc3C1)N2c1ccccc1)C(C)(C)c1ccccc1N4c1ccccc1. The lowest BCUT2D eigenvalue weighted by atomic mass is 9.69. The fraction of sp³-hybridized carbons (Fsp3) is 0.185. The predicted octanol–water partition coefficient (Wildman–Crippen LogP) is 14.4. The van der Waals surface area contributed by atoms with E-state index >= 15 is 0 Å². The van der Waals surface area contributed by atoms with Crippen molar-refractivity contribution in [2.24, 2.45) is 0 Å². The Hall–Kier alpha value is -6.32. The quantitative estimate of drug-likeness (QED) is 0.179. The van der Waals surface area contributed by atoms with Crippen molar-refractivity contribution in [3.63, 3.8) is 0 Å². The number of allylic oxidation sites excluding steroid dienone is 1. The van der Waals surface area contributed by atoms with E-state index in [0.717, 1.165) is 6.42 Å². The first-order valence-electron chi connectivity index (χ1n) is 20.4. The van der Waals surface area contributed by atoms with Crippen LogP contribution < -0.4 is 14.7 Å². The van der Waals surface area contributed by atoms with Gasteiger partial charge in [0.15, 0.2) is 0 Å². The molecule has 0 fully saturated rings. The molecular formula is C54H47N3. The van der Waals surface area contributed by atoms with Crippen LogP contribution in [0.25, 0.3) is 5.70 Å². The monoisotopic (exact) mass is 737 g/mol. The third kappa shape index (κ3) is 4.91. The van der Waals surface area contributed by atoms with E-state index in [2.05, 4.69) is 214 Å². The molecule has 0 amide bonds. The fourth-order valence-electron chi connectivity index (χ4n) is 10.3. The number of rotatable bonds is 3. The molecule has 0 N–H and O–H groups in total. The number of hydrogen-bond acceptors (Lipinski definition) is 3. The summed E-state index contributed by atoms with van der Waals surface area (Å²) in [5.74, 6) is 0.0782. The zero-order chi connectivity index (χ0) is 38.8. The van der Waals surface area contributed by atoms with Gasteiger partial charge >= 0.3 is 0 Å². The van der Waals surface area contributed by atoms with Crippen molar-refractivity contribution in [2.75, 3.05) is 14.7 Å². The molecule has 7 aromatic carbocycles. The van der Waals surface area contributed by atoms with Gasteiger partial charge in [0.2, 0.25) is 0 Å². The average molecular weight is 738 g/mol. The smallest absolute Gasteiger partial charge is 0.0542 e. The Bertz CT molecular complexity index is 2790. The van der Waals surface area contributed by atoms with E-state index < -0.39 is 0 Å². The minimum absolute atomic E-state index is 0.0332. The maximum absolute atomic E-state index is 2.61. The van der Waals surface area contributed by atoms with Gasteiger partial charge in [-0.1, -0.05) is 120 Å². The summed E-state index contributed by atoms with van der Waals surface area (Å²) < 4.78 is 0. The second-order valence-electron chi connectivity index (χ2n) is 17.9. The van der Waals surface area contributed by atoms with Crippen molar-refractivity contribution >= 4 is 51.2 Å². The average Bonchev–Trinajstić information content (AvgIpc) is 3.59. The first-order valence-corrected chi connectivity index (χ1v) is 20.4. The highest BCUT2D eigenvalue weighted by Gasteiger charge is 2.47. The van der Waals surface area contributed by atoms with Gasteiger partial charge in [-0.2, -0.15) is 0 Å². The van der Waals surface area contributed by atoms with Gasteiger partial charge in [0.1, 0.15) is 0 Å². The van der Waals surface area contributed by atoms with Crippen molar-refractivity contribution < 1.29 is 0 Å². The van der Waals surface area contributed by atoms with Crippen LogP contribution in [0.5, 0.6) is 0 Å². The number of benzene rings is 7. The molecule has 0 saturated heterocycles. The Balaban J connectivity index is 1.26. The van der Waals surface area contributed by atoms with E-state index in [1.807, 2.05) is 0 Å². The van der Waals surface area contributed by atoms with Gasteiger partial charge < -0.3 is 14.7 Å². The van der Waals surface area contributed by atoms with Gasteiger partial charge in [-0.05, 0) is 131 Å². The number of nitrogens with zero attached hydrogens (tertiary/aromatic N) is 3. The van der Waals surface area contributed by atoms with E-state index in [4.69, 9.17) is 0 Å². The third-order valence-corrected chi connectivity index (χ3v) is 13.0. The molecule has 1 atom stereocenters. The van der Waals surface area contributed by atoms with Crippen molar-refractivity contribution in [1.82, 2.24) is 0 Å². The van der Waals surface area contributed by atoms with Gasteiger partial charge in [-0.3, -0.25) is 0 Å². The lowest BCUT2D eigenvalue weighted by Crippen LogP contribution is -2.34. The minimum Gasteiger partial charge on any atom is -0.310 e. The Kier molecular flexibility index (Phi) is 7.21. The van der Waals surface area contributed by atoms with E-state index in [1.54, 1.807) is 0 Å². The molecule has 0 bridgehead atoms. The van der Waals surface area contributed by atoms with Crippen LogP contribution in [-0.2, 0) is 17.3 Å². The van der Waals surface area contributed by atoms with Crippen molar-refractivity contribution in [2.45, 2.75) is 64.7 Å². The van der Waals surface area contributed by atoms with Crippen molar-refractivity contribution in [1.29, 1.82) is 0 Å². The van der Waals surface area contributed by atoms with Gasteiger partial charge in [-0.25, -0.2) is 0 Å². The summed E-state index contributed by atoms with van der Waals surface area (Å²) in [7, 11) is 0. The summed E-state index contributed by atoms with van der Waals surface area (Å²) in [5.41, 5.74) is 23.3. The normalized spacial score (nSPS) is 17.0. The second-order valence-corrected chi connectivity index (χ2v) is 17.9. The highest BCUT2D eigenvalue weighted by Crippen LogP contribution is 2.64. The molecule has 3 nitrogen and oxygen atoms in total. The highest BCUT2D eigenvalue weighted by molar-refractivity contribution is 6.03. The predicted molar refractivity (Wildman–Crippen MR) is 239 cm³/mol. The molecule has 0 saturated carbocycles. The van der Waals surface area contributed by atoms with Crippen LogP contribution >= 0.6 is 0 Å². The standard InChI is InChI=1S/C54H47N3/c1-34-28-48-51-49(29-34)57(39-22-14-9-15-23-39)52-40-31-36(53(2,3)4)27-26-35(40)30-42(52)50(51)41-32-44-47(33-46(41)56(48)38-20-12-8-13-21-38)55(37-18-10-7-11-19-37)45-25-17-16-24-43(45)54(44,5)6/h7-29,31-33,50H,30H2,1-6H3. The summed E-state index contributed by atoms with van der Waals surface area (Å²) in [6.45, 7) is 14.1. The topological polar surface area (TPSA) is 9.72 Å². The van der Waals surface area contributed by atoms with Crippen LogP contribution in [0.1, 0.15) is 85.0 Å². The zero-order valence-corrected chi connectivity index (χ0v) is 33.6. The third-order valence-electron chi connectivity index (χ3n) is 13.0. The van der Waals surface area contributed by atoms with E-state index in [0.29, 0.717) is 0 Å². The van der Waals surface area contributed by atoms with Gasteiger partial charge in [-0.15, -0.1) is 0 Å². The molecule has 0 radical (unpaired) electrons. The number of anilines is 8. The molecule has 1 unspecified atom stereocenters. The molecule has 0 aromatic heterocycles. The number of aryl methyl sites for hydroxylation is 1. The summed E-state index contributed by atoms with van der Waals surface area (Å²) in [5, 5.41) is 0. The van der Waals surface area contributed by atoms with E-state index in [1.165, 1.54) is 101 Å². The molecule has 7 aromatic rings.